The van der Waals surface area contributed by atoms with Gasteiger partial charge in [0.05, 0.1) is 0 Å². The van der Waals surface area contributed by atoms with Gasteiger partial charge >= 0.3 is 0 Å². The van der Waals surface area contributed by atoms with E-state index in [1.54, 1.807) is 0 Å². The van der Waals surface area contributed by atoms with Crippen LogP contribution in [0.25, 0.3) is 5.57 Å². The Morgan fingerprint density at radius 3 is 2.54 bits per heavy atom. The number of hydrogen-bond acceptors (Lipinski definition) is 1. The van der Waals surface area contributed by atoms with Crippen LogP contribution in [0.5, 0.6) is 0 Å². The Morgan fingerprint density at radius 2 is 1.79 bits per heavy atom. The van der Waals surface area contributed by atoms with E-state index in [2.05, 4.69) is 86.5 Å². The number of benzene rings is 1. The standard InChI is InChI=1S/C27H31N/c1-20-14-16-24(22-10-6-4-7-11-22)18-26(20)28(3)27-19-25(17-15-21(27)2)23-12-8-5-9-13-23/h4,6,8,10,12-13,15,17-19H,5,7,9,11,14,16H2,1-3H3. The molecule has 0 heterocycles. The maximum Gasteiger partial charge on any atom is 0.0444 e. The fraction of sp³-hybridized carbons (Fsp3) is 0.333. The minimum absolute atomic E-state index is 1.14. The molecular formula is C27H31N. The van der Waals surface area contributed by atoms with E-state index in [4.69, 9.17) is 0 Å². The molecule has 0 aliphatic heterocycles. The topological polar surface area (TPSA) is 3.24 Å². The number of hydrogen-bond donors (Lipinski definition) is 0. The van der Waals surface area contributed by atoms with E-state index < -0.39 is 0 Å². The van der Waals surface area contributed by atoms with Crippen molar-refractivity contribution in [2.24, 2.45) is 0 Å². The van der Waals surface area contributed by atoms with Gasteiger partial charge in [-0.1, -0.05) is 48.6 Å². The minimum Gasteiger partial charge on any atom is -0.344 e. The second kappa shape index (κ2) is 8.22. The van der Waals surface area contributed by atoms with Crippen molar-refractivity contribution >= 4 is 11.3 Å². The molecule has 1 aromatic rings. The summed E-state index contributed by atoms with van der Waals surface area (Å²) >= 11 is 0. The summed E-state index contributed by atoms with van der Waals surface area (Å²) in [6.45, 7) is 4.51. The van der Waals surface area contributed by atoms with Crippen molar-refractivity contribution in [2.45, 2.75) is 52.4 Å². The van der Waals surface area contributed by atoms with E-state index in [9.17, 15) is 0 Å². The molecule has 0 aromatic heterocycles. The third-order valence-electron chi connectivity index (χ3n) is 6.20. The van der Waals surface area contributed by atoms with Gasteiger partial charge in [0, 0.05) is 18.4 Å². The number of allylic oxidation sites excluding steroid dienone is 11. The van der Waals surface area contributed by atoms with Gasteiger partial charge in [-0.15, -0.1) is 0 Å². The molecule has 0 N–H and O–H groups in total. The zero-order chi connectivity index (χ0) is 19.5. The highest BCUT2D eigenvalue weighted by molar-refractivity contribution is 5.78. The highest BCUT2D eigenvalue weighted by atomic mass is 15.1. The number of nitrogens with zero attached hydrogens (tertiary/aromatic N) is 1. The van der Waals surface area contributed by atoms with Crippen molar-refractivity contribution in [3.8, 4) is 0 Å². The van der Waals surface area contributed by atoms with E-state index in [1.165, 1.54) is 64.1 Å². The first kappa shape index (κ1) is 18.8. The molecule has 4 rings (SSSR count). The number of rotatable bonds is 4. The highest BCUT2D eigenvalue weighted by Crippen LogP contribution is 2.36. The monoisotopic (exact) mass is 369 g/mol. The third kappa shape index (κ3) is 3.85. The molecule has 0 saturated carbocycles. The first-order chi connectivity index (χ1) is 13.6. The van der Waals surface area contributed by atoms with Gasteiger partial charge in [-0.2, -0.15) is 0 Å². The molecule has 0 spiro atoms. The van der Waals surface area contributed by atoms with Crippen LogP contribution in [-0.2, 0) is 0 Å². The van der Waals surface area contributed by atoms with Crippen LogP contribution in [0.2, 0.25) is 0 Å². The molecule has 1 aromatic carbocycles. The fourth-order valence-electron chi connectivity index (χ4n) is 4.42. The average Bonchev–Trinajstić information content (AvgIpc) is 2.75. The van der Waals surface area contributed by atoms with Gasteiger partial charge < -0.3 is 4.90 Å². The van der Waals surface area contributed by atoms with Crippen LogP contribution < -0.4 is 4.90 Å². The largest absolute Gasteiger partial charge is 0.344 e. The van der Waals surface area contributed by atoms with Crippen LogP contribution in [-0.4, -0.2) is 7.05 Å². The number of anilines is 1. The second-order valence-electron chi connectivity index (χ2n) is 8.19. The molecule has 0 amide bonds. The maximum absolute atomic E-state index is 2.44. The SMILES string of the molecule is CC1=C(N(C)c2cc(C3=CCCC=C3)ccc2C)C=C(C2=CC=CCC2)CC1. The van der Waals surface area contributed by atoms with Gasteiger partial charge in [-0.25, -0.2) is 0 Å². The molecule has 0 radical (unpaired) electrons. The van der Waals surface area contributed by atoms with Crippen LogP contribution in [0, 0.1) is 6.92 Å². The van der Waals surface area contributed by atoms with Gasteiger partial charge in [-0.3, -0.25) is 0 Å². The zero-order valence-electron chi connectivity index (χ0n) is 17.5. The van der Waals surface area contributed by atoms with E-state index in [-0.39, 0.29) is 0 Å². The van der Waals surface area contributed by atoms with Crippen LogP contribution in [0.15, 0.2) is 83.1 Å². The summed E-state index contributed by atoms with van der Waals surface area (Å²) in [6.07, 6.45) is 23.1. The fourth-order valence-corrected chi connectivity index (χ4v) is 4.42. The summed E-state index contributed by atoms with van der Waals surface area (Å²) in [5, 5.41) is 0. The lowest BCUT2D eigenvalue weighted by molar-refractivity contribution is 0.844. The molecule has 0 bridgehead atoms. The van der Waals surface area contributed by atoms with Gasteiger partial charge in [0.25, 0.3) is 0 Å². The third-order valence-corrected chi connectivity index (χ3v) is 6.20. The predicted molar refractivity (Wildman–Crippen MR) is 122 cm³/mol. The van der Waals surface area contributed by atoms with Gasteiger partial charge in [0.2, 0.25) is 0 Å². The summed E-state index contributed by atoms with van der Waals surface area (Å²) < 4.78 is 0. The molecule has 3 aliphatic rings. The molecule has 1 heteroatoms. The molecular weight excluding hydrogens is 338 g/mol. The van der Waals surface area contributed by atoms with E-state index in [1.807, 2.05) is 0 Å². The van der Waals surface area contributed by atoms with Crippen molar-refractivity contribution < 1.29 is 0 Å². The lowest BCUT2D eigenvalue weighted by Crippen LogP contribution is -2.20. The number of aryl methyl sites for hydroxylation is 1. The van der Waals surface area contributed by atoms with Crippen LogP contribution >= 0.6 is 0 Å². The number of likely N-dealkylation sites (N-methyl/N-ethyl adjacent to an activating group) is 1. The van der Waals surface area contributed by atoms with Crippen LogP contribution in [0.4, 0.5) is 5.69 Å². The van der Waals surface area contributed by atoms with Crippen LogP contribution in [0.1, 0.15) is 56.6 Å². The van der Waals surface area contributed by atoms with Crippen molar-refractivity contribution in [2.75, 3.05) is 11.9 Å². The summed E-state index contributed by atoms with van der Waals surface area (Å²) in [6, 6.07) is 6.89. The van der Waals surface area contributed by atoms with Crippen molar-refractivity contribution in [3.63, 3.8) is 0 Å². The quantitative estimate of drug-likeness (QED) is 0.533. The first-order valence-electron chi connectivity index (χ1n) is 10.6. The molecule has 0 unspecified atom stereocenters. The first-order valence-corrected chi connectivity index (χ1v) is 10.6. The van der Waals surface area contributed by atoms with Crippen LogP contribution in [0.3, 0.4) is 0 Å². The lowest BCUT2D eigenvalue weighted by Gasteiger charge is -2.29. The van der Waals surface area contributed by atoms with E-state index >= 15 is 0 Å². The van der Waals surface area contributed by atoms with Crippen molar-refractivity contribution in [3.05, 3.63) is 94.3 Å². The smallest absolute Gasteiger partial charge is 0.0444 e. The average molecular weight is 370 g/mol. The normalized spacial score (nSPS) is 19.3. The van der Waals surface area contributed by atoms with Crippen molar-refractivity contribution in [1.82, 2.24) is 0 Å². The molecule has 0 atom stereocenters. The molecule has 28 heavy (non-hydrogen) atoms. The molecule has 144 valence electrons. The van der Waals surface area contributed by atoms with Crippen molar-refractivity contribution in [1.29, 1.82) is 0 Å². The van der Waals surface area contributed by atoms with E-state index in [0.717, 1.165) is 19.3 Å². The highest BCUT2D eigenvalue weighted by Gasteiger charge is 2.19. The zero-order valence-corrected chi connectivity index (χ0v) is 17.5. The van der Waals surface area contributed by atoms with Gasteiger partial charge in [0.15, 0.2) is 0 Å². The van der Waals surface area contributed by atoms with Gasteiger partial charge in [0.1, 0.15) is 0 Å². The Labute approximate surface area is 170 Å². The lowest BCUT2D eigenvalue weighted by atomic mass is 9.87. The molecule has 1 nitrogen and oxygen atoms in total. The summed E-state index contributed by atoms with van der Waals surface area (Å²) in [5.41, 5.74) is 11.2. The van der Waals surface area contributed by atoms with E-state index in [0.29, 0.717) is 0 Å². The Hall–Kier alpha value is -2.54. The molecule has 3 aliphatic carbocycles. The Bertz CT molecular complexity index is 946. The summed E-state index contributed by atoms with van der Waals surface area (Å²) in [7, 11) is 2.23. The summed E-state index contributed by atoms with van der Waals surface area (Å²) in [4.78, 5) is 2.40. The summed E-state index contributed by atoms with van der Waals surface area (Å²) in [5.74, 6) is 0. The predicted octanol–water partition coefficient (Wildman–Crippen LogP) is 7.44. The molecule has 0 fully saturated rings. The minimum atomic E-state index is 1.14. The van der Waals surface area contributed by atoms with Gasteiger partial charge in [-0.05, 0) is 97.9 Å². The Balaban J connectivity index is 1.68. The maximum atomic E-state index is 2.44. The Kier molecular flexibility index (Phi) is 5.52. The Morgan fingerprint density at radius 1 is 0.893 bits per heavy atom. The molecule has 0 saturated heterocycles. The second-order valence-corrected chi connectivity index (χ2v) is 8.19.